The van der Waals surface area contributed by atoms with Gasteiger partial charge in [-0.2, -0.15) is 0 Å². The molecule has 0 spiro atoms. The number of nitrogens with one attached hydrogen (secondary N) is 1. The molecule has 2 heterocycles. The SMILES string of the molecule is C=C(C(=O)N1CCNCC1)c1ncnc2c1CC(C)CC2. The van der Waals surface area contributed by atoms with E-state index in [-0.39, 0.29) is 5.91 Å². The summed E-state index contributed by atoms with van der Waals surface area (Å²) in [5, 5.41) is 3.25. The van der Waals surface area contributed by atoms with E-state index in [1.165, 1.54) is 0 Å². The molecular formula is C16H22N4O. The Morgan fingerprint density at radius 1 is 1.38 bits per heavy atom. The molecule has 1 aliphatic carbocycles. The summed E-state index contributed by atoms with van der Waals surface area (Å²) in [6.07, 6.45) is 4.64. The van der Waals surface area contributed by atoms with E-state index >= 15 is 0 Å². The molecule has 1 aromatic rings. The number of aromatic nitrogens is 2. The molecule has 3 rings (SSSR count). The van der Waals surface area contributed by atoms with Crippen molar-refractivity contribution in [1.29, 1.82) is 0 Å². The van der Waals surface area contributed by atoms with Crippen molar-refractivity contribution in [3.05, 3.63) is 29.9 Å². The van der Waals surface area contributed by atoms with Gasteiger partial charge in [0.15, 0.2) is 0 Å². The summed E-state index contributed by atoms with van der Waals surface area (Å²) in [6, 6.07) is 0. The van der Waals surface area contributed by atoms with Gasteiger partial charge in [0.25, 0.3) is 5.91 Å². The normalized spacial score (nSPS) is 21.8. The third-order valence-electron chi connectivity index (χ3n) is 4.41. The van der Waals surface area contributed by atoms with Crippen LogP contribution in [0.4, 0.5) is 0 Å². The largest absolute Gasteiger partial charge is 0.336 e. The molecule has 1 saturated heterocycles. The molecule has 1 atom stereocenters. The highest BCUT2D eigenvalue weighted by molar-refractivity contribution is 6.18. The highest BCUT2D eigenvalue weighted by Gasteiger charge is 2.26. The summed E-state index contributed by atoms with van der Waals surface area (Å²) in [5.41, 5.74) is 3.50. The molecule has 1 unspecified atom stereocenters. The number of aryl methyl sites for hydroxylation is 1. The first kappa shape index (κ1) is 14.2. The number of amides is 1. The fraction of sp³-hybridized carbons (Fsp3) is 0.562. The summed E-state index contributed by atoms with van der Waals surface area (Å²) >= 11 is 0. The second-order valence-electron chi connectivity index (χ2n) is 6.02. The Morgan fingerprint density at radius 3 is 2.90 bits per heavy atom. The summed E-state index contributed by atoms with van der Waals surface area (Å²) in [7, 11) is 0. The Kier molecular flexibility index (Phi) is 4.01. The Morgan fingerprint density at radius 2 is 2.14 bits per heavy atom. The number of piperazine rings is 1. The topological polar surface area (TPSA) is 58.1 Å². The molecular weight excluding hydrogens is 264 g/mol. The fourth-order valence-electron chi connectivity index (χ4n) is 3.13. The summed E-state index contributed by atoms with van der Waals surface area (Å²) in [4.78, 5) is 23.2. The molecule has 0 bridgehead atoms. The number of nitrogens with zero attached hydrogens (tertiary/aromatic N) is 3. The summed E-state index contributed by atoms with van der Waals surface area (Å²) < 4.78 is 0. The molecule has 2 aliphatic rings. The minimum absolute atomic E-state index is 0.00984. The molecule has 1 aliphatic heterocycles. The van der Waals surface area contributed by atoms with Crippen molar-refractivity contribution in [2.24, 2.45) is 5.92 Å². The van der Waals surface area contributed by atoms with E-state index < -0.39 is 0 Å². The van der Waals surface area contributed by atoms with Gasteiger partial charge in [0, 0.05) is 37.4 Å². The standard InChI is InChI=1S/C16H22N4O/c1-11-3-4-14-13(9-11)15(19-10-18-14)12(2)16(21)20-7-5-17-6-8-20/h10-11,17H,2-9H2,1H3. The van der Waals surface area contributed by atoms with Crippen molar-refractivity contribution in [3.8, 4) is 0 Å². The number of hydrogen-bond acceptors (Lipinski definition) is 4. The molecule has 1 fully saturated rings. The van der Waals surface area contributed by atoms with Gasteiger partial charge in [0.1, 0.15) is 6.33 Å². The van der Waals surface area contributed by atoms with Crippen LogP contribution in [0.15, 0.2) is 12.9 Å². The van der Waals surface area contributed by atoms with E-state index in [9.17, 15) is 4.79 Å². The smallest absolute Gasteiger partial charge is 0.255 e. The zero-order valence-corrected chi connectivity index (χ0v) is 12.6. The van der Waals surface area contributed by atoms with Crippen LogP contribution in [0, 0.1) is 5.92 Å². The number of rotatable bonds is 2. The maximum atomic E-state index is 12.6. The first-order valence-corrected chi connectivity index (χ1v) is 7.69. The fourth-order valence-corrected chi connectivity index (χ4v) is 3.13. The summed E-state index contributed by atoms with van der Waals surface area (Å²) in [6.45, 7) is 9.43. The van der Waals surface area contributed by atoms with E-state index in [2.05, 4.69) is 28.8 Å². The Labute approximate surface area is 125 Å². The lowest BCUT2D eigenvalue weighted by atomic mass is 9.85. The van der Waals surface area contributed by atoms with Crippen molar-refractivity contribution in [3.63, 3.8) is 0 Å². The predicted molar refractivity (Wildman–Crippen MR) is 81.7 cm³/mol. The van der Waals surface area contributed by atoms with Crippen LogP contribution in [-0.4, -0.2) is 47.0 Å². The highest BCUT2D eigenvalue weighted by atomic mass is 16.2. The number of fused-ring (bicyclic) bond motifs is 1. The van der Waals surface area contributed by atoms with Gasteiger partial charge in [-0.3, -0.25) is 4.79 Å². The van der Waals surface area contributed by atoms with E-state index in [0.29, 0.717) is 11.5 Å². The van der Waals surface area contributed by atoms with E-state index in [0.717, 1.165) is 62.4 Å². The molecule has 0 saturated carbocycles. The van der Waals surface area contributed by atoms with Gasteiger partial charge in [0.2, 0.25) is 0 Å². The van der Waals surface area contributed by atoms with Crippen molar-refractivity contribution in [2.75, 3.05) is 26.2 Å². The average Bonchev–Trinajstić information content (AvgIpc) is 2.53. The van der Waals surface area contributed by atoms with Crippen molar-refractivity contribution in [2.45, 2.75) is 26.2 Å². The van der Waals surface area contributed by atoms with Gasteiger partial charge in [0.05, 0.1) is 11.3 Å². The van der Waals surface area contributed by atoms with Crippen LogP contribution in [-0.2, 0) is 17.6 Å². The monoisotopic (exact) mass is 286 g/mol. The molecule has 5 heteroatoms. The lowest BCUT2D eigenvalue weighted by Crippen LogP contribution is -2.46. The molecule has 0 aromatic carbocycles. The third kappa shape index (κ3) is 2.83. The highest BCUT2D eigenvalue weighted by Crippen LogP contribution is 2.28. The van der Waals surface area contributed by atoms with Crippen LogP contribution < -0.4 is 5.32 Å². The number of carbonyl (C=O) groups is 1. The Balaban J connectivity index is 1.86. The summed E-state index contributed by atoms with van der Waals surface area (Å²) in [5.74, 6) is 0.625. The van der Waals surface area contributed by atoms with Crippen LogP contribution in [0.25, 0.3) is 5.57 Å². The van der Waals surface area contributed by atoms with Crippen LogP contribution >= 0.6 is 0 Å². The van der Waals surface area contributed by atoms with Crippen LogP contribution in [0.1, 0.15) is 30.3 Å². The van der Waals surface area contributed by atoms with Crippen LogP contribution in [0.3, 0.4) is 0 Å². The first-order chi connectivity index (χ1) is 10.2. The average molecular weight is 286 g/mol. The second kappa shape index (κ2) is 5.93. The molecule has 1 aromatic heterocycles. The zero-order valence-electron chi connectivity index (χ0n) is 12.6. The molecule has 5 nitrogen and oxygen atoms in total. The molecule has 1 N–H and O–H groups in total. The molecule has 112 valence electrons. The zero-order chi connectivity index (χ0) is 14.8. The quantitative estimate of drug-likeness (QED) is 0.826. The first-order valence-electron chi connectivity index (χ1n) is 7.69. The maximum Gasteiger partial charge on any atom is 0.255 e. The van der Waals surface area contributed by atoms with E-state index in [1.54, 1.807) is 6.33 Å². The van der Waals surface area contributed by atoms with E-state index in [4.69, 9.17) is 0 Å². The lowest BCUT2D eigenvalue weighted by molar-refractivity contribution is -0.125. The third-order valence-corrected chi connectivity index (χ3v) is 4.41. The van der Waals surface area contributed by atoms with Crippen molar-refractivity contribution in [1.82, 2.24) is 20.2 Å². The van der Waals surface area contributed by atoms with Crippen LogP contribution in [0.2, 0.25) is 0 Å². The van der Waals surface area contributed by atoms with Gasteiger partial charge in [-0.15, -0.1) is 0 Å². The van der Waals surface area contributed by atoms with Gasteiger partial charge in [-0.05, 0) is 25.2 Å². The minimum atomic E-state index is 0.00984. The van der Waals surface area contributed by atoms with Gasteiger partial charge < -0.3 is 10.2 Å². The Hall–Kier alpha value is -1.75. The van der Waals surface area contributed by atoms with Crippen molar-refractivity contribution >= 4 is 11.5 Å². The Bertz CT molecular complexity index is 563. The predicted octanol–water partition coefficient (Wildman–Crippen LogP) is 1.05. The van der Waals surface area contributed by atoms with Crippen molar-refractivity contribution < 1.29 is 4.79 Å². The molecule has 1 amide bonds. The maximum absolute atomic E-state index is 12.6. The lowest BCUT2D eigenvalue weighted by Gasteiger charge is -2.29. The molecule has 0 radical (unpaired) electrons. The van der Waals surface area contributed by atoms with Crippen LogP contribution in [0.5, 0.6) is 0 Å². The molecule has 21 heavy (non-hydrogen) atoms. The second-order valence-corrected chi connectivity index (χ2v) is 6.02. The number of hydrogen-bond donors (Lipinski definition) is 1. The van der Waals surface area contributed by atoms with Gasteiger partial charge in [-0.1, -0.05) is 13.5 Å². The number of carbonyl (C=O) groups excluding carboxylic acids is 1. The minimum Gasteiger partial charge on any atom is -0.336 e. The van der Waals surface area contributed by atoms with Gasteiger partial charge >= 0.3 is 0 Å². The van der Waals surface area contributed by atoms with Gasteiger partial charge in [-0.25, -0.2) is 9.97 Å². The van der Waals surface area contributed by atoms with E-state index in [1.807, 2.05) is 4.90 Å².